The Bertz CT molecular complexity index is 3560. The van der Waals surface area contributed by atoms with Crippen molar-refractivity contribution in [3.63, 3.8) is 0 Å². The molecule has 0 N–H and O–H groups in total. The molecule has 2 heteroatoms. The third kappa shape index (κ3) is 11.5. The first-order chi connectivity index (χ1) is 38.9. The molecule has 0 radical (unpaired) electrons. The minimum Gasteiger partial charge on any atom is -0.309 e. The summed E-state index contributed by atoms with van der Waals surface area (Å²) >= 11 is 0. The van der Waals surface area contributed by atoms with E-state index in [1.54, 1.807) is 0 Å². The van der Waals surface area contributed by atoms with Crippen LogP contribution in [0.5, 0.6) is 0 Å². The van der Waals surface area contributed by atoms with E-state index in [0.29, 0.717) is 0 Å². The minimum atomic E-state index is 1.07. The lowest BCUT2D eigenvalue weighted by atomic mass is 9.95. The Balaban J connectivity index is 1.08. The van der Waals surface area contributed by atoms with Gasteiger partial charge in [-0.2, -0.15) is 0 Å². The summed E-state index contributed by atoms with van der Waals surface area (Å²) < 4.78 is 0. The van der Waals surface area contributed by atoms with Crippen molar-refractivity contribution in [3.05, 3.63) is 309 Å². The summed E-state index contributed by atoms with van der Waals surface area (Å²) in [5.41, 5.74) is 26.0. The molecule has 0 bridgehead atoms. The maximum Gasteiger partial charge on any atom is 0.0619 e. The topological polar surface area (TPSA) is 6.48 Å². The Morgan fingerprint density at radius 2 is 0.425 bits per heavy atom. The number of hydrogen-bond donors (Lipinski definition) is 0. The van der Waals surface area contributed by atoms with Gasteiger partial charge in [0.25, 0.3) is 0 Å². The minimum absolute atomic E-state index is 1.07. The summed E-state index contributed by atoms with van der Waals surface area (Å²) in [5, 5.41) is 4.58. The molecule has 0 unspecified atom stereocenters. The Morgan fingerprint density at radius 3 is 0.613 bits per heavy atom. The maximum absolute atomic E-state index is 2.47. The number of anilines is 6. The van der Waals surface area contributed by atoms with Gasteiger partial charge in [0.2, 0.25) is 0 Å². The summed E-state index contributed by atoms with van der Waals surface area (Å²) in [7, 11) is 0. The maximum atomic E-state index is 2.47. The molecule has 11 aromatic carbocycles. The van der Waals surface area contributed by atoms with Crippen LogP contribution in [0, 0.1) is 27.7 Å². The molecule has 2 nitrogen and oxygen atoms in total. The molecule has 0 spiro atoms. The van der Waals surface area contributed by atoms with Gasteiger partial charge in [0.15, 0.2) is 0 Å². The summed E-state index contributed by atoms with van der Waals surface area (Å²) in [4.78, 5) is 4.93. The molecule has 11 rings (SSSR count). The van der Waals surface area contributed by atoms with E-state index in [0.717, 1.165) is 77.9 Å². The average Bonchev–Trinajstić information content (AvgIpc) is 3.52. The van der Waals surface area contributed by atoms with E-state index in [4.69, 9.17) is 0 Å². The highest BCUT2D eigenvalue weighted by Gasteiger charge is 2.25. The number of nitrogens with zero attached hydrogens (tertiary/aromatic N) is 2. The lowest BCUT2D eigenvalue weighted by Crippen LogP contribution is -2.14. The molecule has 0 aliphatic heterocycles. The lowest BCUT2D eigenvalue weighted by Gasteiger charge is -2.33. The molecule has 0 fully saturated rings. The molecule has 80 heavy (non-hydrogen) atoms. The van der Waals surface area contributed by atoms with Crippen LogP contribution < -0.4 is 9.80 Å². The van der Waals surface area contributed by atoms with E-state index < -0.39 is 0 Å². The SMILES string of the molecule is C/C(=C\c1ccc(N(c2ccc(/C=C(\C)c3ccc(C)cc3)cc2)c2c3ccccc3c(N(c3ccc(/C=C(\C)c4ccc(C)cc4)cc3)c3ccc(/C=C(\C)c4ccc(C)cc4)cc3)c3ccccc23)cc1)c1ccc(C)cc1. The van der Waals surface area contributed by atoms with E-state index in [2.05, 4.69) is 332 Å². The summed E-state index contributed by atoms with van der Waals surface area (Å²) in [6, 6.07) is 89.4. The van der Waals surface area contributed by atoms with Crippen LogP contribution in [0.4, 0.5) is 34.1 Å². The number of rotatable bonds is 14. The van der Waals surface area contributed by atoms with Crippen molar-refractivity contribution >= 4 is 102 Å². The fraction of sp³-hybridized carbons (Fsp3) is 0.103. The van der Waals surface area contributed by atoms with Crippen LogP contribution in [0.1, 0.15) is 94.5 Å². The molecule has 0 saturated carbocycles. The van der Waals surface area contributed by atoms with Crippen molar-refractivity contribution in [3.8, 4) is 0 Å². The van der Waals surface area contributed by atoms with E-state index in [1.807, 2.05) is 0 Å². The van der Waals surface area contributed by atoms with E-state index in [9.17, 15) is 0 Å². The van der Waals surface area contributed by atoms with Crippen molar-refractivity contribution in [2.24, 2.45) is 0 Å². The van der Waals surface area contributed by atoms with Gasteiger partial charge >= 0.3 is 0 Å². The Hall–Kier alpha value is -9.50. The monoisotopic (exact) mass is 1030 g/mol. The second-order valence-corrected chi connectivity index (χ2v) is 21.6. The lowest BCUT2D eigenvalue weighted by molar-refractivity contribution is 1.29. The van der Waals surface area contributed by atoms with E-state index in [1.165, 1.54) is 66.8 Å². The predicted molar refractivity (Wildman–Crippen MR) is 350 cm³/mol. The molecule has 11 aromatic rings. The predicted octanol–water partition coefficient (Wildman–Crippen LogP) is 22.4. The fourth-order valence-electron chi connectivity index (χ4n) is 10.9. The van der Waals surface area contributed by atoms with Crippen molar-refractivity contribution < 1.29 is 0 Å². The van der Waals surface area contributed by atoms with Crippen LogP contribution in [-0.4, -0.2) is 0 Å². The van der Waals surface area contributed by atoms with Gasteiger partial charge in [0.1, 0.15) is 0 Å². The average molecular weight is 1030 g/mol. The zero-order valence-corrected chi connectivity index (χ0v) is 47.3. The molecule has 0 heterocycles. The second kappa shape index (κ2) is 23.2. The normalized spacial score (nSPS) is 12.3. The Morgan fingerprint density at radius 1 is 0.237 bits per heavy atom. The van der Waals surface area contributed by atoms with Crippen molar-refractivity contribution in [1.29, 1.82) is 0 Å². The largest absolute Gasteiger partial charge is 0.309 e. The van der Waals surface area contributed by atoms with Crippen LogP contribution in [0.15, 0.2) is 243 Å². The first kappa shape index (κ1) is 52.5. The quantitative estimate of drug-likeness (QED) is 0.0608. The number of aryl methyl sites for hydroxylation is 4. The fourth-order valence-corrected chi connectivity index (χ4v) is 10.9. The molecule has 0 aliphatic rings. The third-order valence-corrected chi connectivity index (χ3v) is 15.5. The zero-order chi connectivity index (χ0) is 55.3. The number of fused-ring (bicyclic) bond motifs is 2. The molecule has 0 aromatic heterocycles. The van der Waals surface area contributed by atoms with Crippen molar-refractivity contribution in [1.82, 2.24) is 0 Å². The first-order valence-electron chi connectivity index (χ1n) is 27.9. The highest BCUT2D eigenvalue weighted by Crippen LogP contribution is 2.51. The zero-order valence-electron chi connectivity index (χ0n) is 47.3. The summed E-state index contributed by atoms with van der Waals surface area (Å²) in [5.74, 6) is 0. The smallest absolute Gasteiger partial charge is 0.0619 e. The van der Waals surface area contributed by atoms with Gasteiger partial charge in [-0.25, -0.2) is 0 Å². The van der Waals surface area contributed by atoms with Gasteiger partial charge in [0, 0.05) is 44.3 Å². The van der Waals surface area contributed by atoms with Crippen LogP contribution in [0.2, 0.25) is 0 Å². The van der Waals surface area contributed by atoms with E-state index in [-0.39, 0.29) is 0 Å². The standard InChI is InChI=1S/C78H68N2/c1-53-17-33-65(34-18-53)57(5)49-61-25-41-69(42-26-61)79(70-43-27-62(28-44-70)50-58(6)66-35-19-54(2)20-36-66)77-73-13-9-11-15-75(73)78(76-16-12-10-14-74(76)77)80(71-45-29-63(30-46-71)51-59(7)67-37-21-55(3)22-38-67)72-47-31-64(32-48-72)52-60(8)68-39-23-56(4)24-40-68/h9-52H,1-8H3/b57-49+,58-50+,59-51+,60-52+. The molecular formula is C78H68N2. The van der Waals surface area contributed by atoms with Crippen LogP contribution in [0.3, 0.4) is 0 Å². The Kier molecular flexibility index (Phi) is 15.3. The van der Waals surface area contributed by atoms with Crippen LogP contribution in [0.25, 0.3) is 68.1 Å². The van der Waals surface area contributed by atoms with Gasteiger partial charge in [0.05, 0.1) is 11.4 Å². The summed E-state index contributed by atoms with van der Waals surface area (Å²) in [6.07, 6.45) is 9.14. The van der Waals surface area contributed by atoms with Crippen LogP contribution in [-0.2, 0) is 0 Å². The molecule has 0 atom stereocenters. The van der Waals surface area contributed by atoms with Crippen LogP contribution >= 0.6 is 0 Å². The molecule has 390 valence electrons. The van der Waals surface area contributed by atoms with Gasteiger partial charge in [-0.05, 0) is 171 Å². The second-order valence-electron chi connectivity index (χ2n) is 21.6. The van der Waals surface area contributed by atoms with Gasteiger partial charge in [-0.3, -0.25) is 0 Å². The van der Waals surface area contributed by atoms with Gasteiger partial charge in [-0.15, -0.1) is 0 Å². The number of benzene rings is 11. The molecule has 0 aliphatic carbocycles. The molecular weight excluding hydrogens is 965 g/mol. The highest BCUT2D eigenvalue weighted by molar-refractivity contribution is 6.23. The highest BCUT2D eigenvalue weighted by atomic mass is 15.2. The van der Waals surface area contributed by atoms with Crippen molar-refractivity contribution in [2.45, 2.75) is 55.4 Å². The first-order valence-corrected chi connectivity index (χ1v) is 27.9. The third-order valence-electron chi connectivity index (χ3n) is 15.5. The molecule has 0 amide bonds. The summed E-state index contributed by atoms with van der Waals surface area (Å²) in [6.45, 7) is 17.3. The van der Waals surface area contributed by atoms with Crippen molar-refractivity contribution in [2.75, 3.05) is 9.80 Å². The number of hydrogen-bond acceptors (Lipinski definition) is 2. The van der Waals surface area contributed by atoms with Gasteiger partial charge < -0.3 is 9.80 Å². The Labute approximate surface area is 474 Å². The van der Waals surface area contributed by atoms with E-state index >= 15 is 0 Å². The van der Waals surface area contributed by atoms with Gasteiger partial charge in [-0.1, -0.05) is 241 Å². The number of allylic oxidation sites excluding steroid dienone is 4. The molecule has 0 saturated heterocycles.